The molecule has 4 aromatic carbocycles. The van der Waals surface area contributed by atoms with Crippen molar-refractivity contribution in [3.05, 3.63) is 118 Å². The molecule has 46 heavy (non-hydrogen) atoms. The molecule has 0 bridgehead atoms. The number of thioether (sulfide) groups is 1. The molecule has 0 saturated heterocycles. The third kappa shape index (κ3) is 9.05. The zero-order valence-corrected chi connectivity index (χ0v) is 26.0. The summed E-state index contributed by atoms with van der Waals surface area (Å²) in [6.45, 7) is 0. The van der Waals surface area contributed by atoms with Crippen LogP contribution in [0.3, 0.4) is 0 Å². The van der Waals surface area contributed by atoms with E-state index in [1.54, 1.807) is 72.8 Å². The number of carbonyl (C=O) groups excluding carboxylic acids is 3. The molecule has 0 aliphatic carbocycles. The van der Waals surface area contributed by atoms with E-state index in [9.17, 15) is 27.6 Å². The summed E-state index contributed by atoms with van der Waals surface area (Å²) in [7, 11) is 2.93. The predicted octanol–water partition coefficient (Wildman–Crippen LogP) is 7.52. The Bertz CT molecular complexity index is 1770. The van der Waals surface area contributed by atoms with Crippen LogP contribution in [0.25, 0.3) is 6.08 Å². The van der Waals surface area contributed by atoms with Crippen molar-refractivity contribution in [3.8, 4) is 11.5 Å². The molecule has 0 spiro atoms. The Morgan fingerprint density at radius 2 is 1.61 bits per heavy atom. The average molecular weight is 670 g/mol. The number of benzene rings is 4. The highest BCUT2D eigenvalue weighted by atomic mass is 35.5. The van der Waals surface area contributed by atoms with Gasteiger partial charge in [0.1, 0.15) is 5.70 Å². The van der Waals surface area contributed by atoms with E-state index in [0.29, 0.717) is 33.2 Å². The van der Waals surface area contributed by atoms with E-state index in [1.165, 1.54) is 20.3 Å². The summed E-state index contributed by atoms with van der Waals surface area (Å²) in [6, 6.07) is 22.7. The van der Waals surface area contributed by atoms with E-state index in [2.05, 4.69) is 16.0 Å². The standard InChI is InChI=1S/C33H27ClF3N3O5S/c1-44-28-13-6-10-21(30(28)45-2)16-27(40-31(42)20-8-4-3-5-9-20)32(43)38-23-11-7-12-24(18-23)46-19-29(41)39-26-17-22(33(35,36)37)14-15-25(26)34/h3-18H,19H2,1-2H3,(H,38,43)(H,39,41)(H,40,42)/b27-16+. The van der Waals surface area contributed by atoms with Gasteiger partial charge in [0, 0.05) is 21.7 Å². The number of hydrogen-bond donors (Lipinski definition) is 3. The van der Waals surface area contributed by atoms with Gasteiger partial charge in [-0.15, -0.1) is 11.8 Å². The number of halogens is 4. The van der Waals surface area contributed by atoms with Crippen LogP contribution in [0.15, 0.2) is 102 Å². The van der Waals surface area contributed by atoms with Crippen LogP contribution < -0.4 is 25.4 Å². The topological polar surface area (TPSA) is 106 Å². The number of amides is 3. The van der Waals surface area contributed by atoms with Gasteiger partial charge in [0.05, 0.1) is 36.2 Å². The number of carbonyl (C=O) groups is 3. The molecule has 0 aromatic heterocycles. The van der Waals surface area contributed by atoms with Crippen molar-refractivity contribution in [1.29, 1.82) is 0 Å². The van der Waals surface area contributed by atoms with E-state index in [0.717, 1.165) is 30.0 Å². The van der Waals surface area contributed by atoms with Crippen LogP contribution in [-0.4, -0.2) is 37.7 Å². The largest absolute Gasteiger partial charge is 0.493 e. The molecular formula is C33H27ClF3N3O5S. The summed E-state index contributed by atoms with van der Waals surface area (Å²) in [4.78, 5) is 39.6. The molecule has 8 nitrogen and oxygen atoms in total. The van der Waals surface area contributed by atoms with Gasteiger partial charge in [-0.3, -0.25) is 14.4 Å². The van der Waals surface area contributed by atoms with Gasteiger partial charge >= 0.3 is 6.18 Å². The number of hydrogen-bond acceptors (Lipinski definition) is 6. The molecule has 0 fully saturated rings. The fraction of sp³-hybridized carbons (Fsp3) is 0.121. The first-order valence-corrected chi connectivity index (χ1v) is 14.8. The molecule has 4 rings (SSSR count). The van der Waals surface area contributed by atoms with E-state index < -0.39 is 29.5 Å². The molecular weight excluding hydrogens is 643 g/mol. The maximum Gasteiger partial charge on any atom is 0.416 e. The summed E-state index contributed by atoms with van der Waals surface area (Å²) in [5, 5.41) is 7.77. The van der Waals surface area contributed by atoms with Crippen molar-refractivity contribution in [1.82, 2.24) is 5.32 Å². The van der Waals surface area contributed by atoms with Crippen LogP contribution in [0, 0.1) is 0 Å². The second kappa shape index (κ2) is 15.4. The van der Waals surface area contributed by atoms with Gasteiger partial charge in [0.15, 0.2) is 11.5 Å². The van der Waals surface area contributed by atoms with Gasteiger partial charge in [-0.1, -0.05) is 48.0 Å². The first-order chi connectivity index (χ1) is 22.0. The van der Waals surface area contributed by atoms with Crippen LogP contribution in [-0.2, 0) is 15.8 Å². The van der Waals surface area contributed by atoms with Crippen molar-refractivity contribution in [2.24, 2.45) is 0 Å². The Morgan fingerprint density at radius 3 is 2.30 bits per heavy atom. The first kappa shape index (κ1) is 33.9. The van der Waals surface area contributed by atoms with Gasteiger partial charge in [-0.2, -0.15) is 13.2 Å². The maximum atomic E-state index is 13.5. The zero-order chi connectivity index (χ0) is 33.3. The SMILES string of the molecule is COc1cccc(/C=C(/NC(=O)c2ccccc2)C(=O)Nc2cccc(SCC(=O)Nc3cc(C(F)(F)F)ccc3Cl)c2)c1OC. The van der Waals surface area contributed by atoms with Crippen molar-refractivity contribution >= 4 is 58.5 Å². The smallest absolute Gasteiger partial charge is 0.416 e. The van der Waals surface area contributed by atoms with E-state index >= 15 is 0 Å². The number of ether oxygens (including phenoxy) is 2. The molecule has 0 heterocycles. The molecule has 0 unspecified atom stereocenters. The number of methoxy groups -OCH3 is 2. The highest BCUT2D eigenvalue weighted by molar-refractivity contribution is 8.00. The minimum Gasteiger partial charge on any atom is -0.493 e. The normalized spacial score (nSPS) is 11.4. The Morgan fingerprint density at radius 1 is 0.870 bits per heavy atom. The fourth-order valence-corrected chi connectivity index (χ4v) is 5.04. The Hall–Kier alpha value is -4.94. The van der Waals surface area contributed by atoms with Crippen molar-refractivity contribution in [3.63, 3.8) is 0 Å². The summed E-state index contributed by atoms with van der Waals surface area (Å²) < 4.78 is 50.0. The lowest BCUT2D eigenvalue weighted by Gasteiger charge is -2.14. The van der Waals surface area contributed by atoms with Crippen LogP contribution in [0.5, 0.6) is 11.5 Å². The third-order valence-corrected chi connectivity index (χ3v) is 7.62. The van der Waals surface area contributed by atoms with Crippen LogP contribution in [0.4, 0.5) is 24.5 Å². The lowest BCUT2D eigenvalue weighted by molar-refractivity contribution is -0.137. The number of nitrogens with one attached hydrogen (secondary N) is 3. The highest BCUT2D eigenvalue weighted by Gasteiger charge is 2.31. The van der Waals surface area contributed by atoms with Crippen LogP contribution >= 0.6 is 23.4 Å². The second-order valence-electron chi connectivity index (χ2n) is 9.47. The quantitative estimate of drug-likeness (QED) is 0.113. The molecule has 238 valence electrons. The summed E-state index contributed by atoms with van der Waals surface area (Å²) >= 11 is 7.07. The van der Waals surface area contributed by atoms with Gasteiger partial charge in [-0.25, -0.2) is 0 Å². The van der Waals surface area contributed by atoms with E-state index in [1.807, 2.05) is 0 Å². The van der Waals surface area contributed by atoms with Gasteiger partial charge in [0.2, 0.25) is 5.91 Å². The predicted molar refractivity (Wildman–Crippen MR) is 172 cm³/mol. The van der Waals surface area contributed by atoms with Crippen LogP contribution in [0.1, 0.15) is 21.5 Å². The zero-order valence-electron chi connectivity index (χ0n) is 24.4. The Labute approximate surface area is 271 Å². The molecule has 3 amide bonds. The third-order valence-electron chi connectivity index (χ3n) is 6.29. The monoisotopic (exact) mass is 669 g/mol. The van der Waals surface area contributed by atoms with E-state index in [-0.39, 0.29) is 22.2 Å². The Kier molecular flexibility index (Phi) is 11.3. The molecule has 0 saturated carbocycles. The number of alkyl halides is 3. The molecule has 4 aromatic rings. The van der Waals surface area contributed by atoms with Crippen molar-refractivity contribution in [2.45, 2.75) is 11.1 Å². The molecule has 13 heteroatoms. The molecule has 0 aliphatic rings. The average Bonchev–Trinajstić information content (AvgIpc) is 3.04. The summed E-state index contributed by atoms with van der Waals surface area (Å²) in [5.41, 5.74) is -0.0304. The van der Waals surface area contributed by atoms with Crippen molar-refractivity contribution < 1.29 is 37.0 Å². The lowest BCUT2D eigenvalue weighted by atomic mass is 10.1. The number of anilines is 2. The van der Waals surface area contributed by atoms with Gasteiger partial charge in [-0.05, 0) is 60.7 Å². The van der Waals surface area contributed by atoms with Crippen LogP contribution in [0.2, 0.25) is 5.02 Å². The molecule has 0 atom stereocenters. The highest BCUT2D eigenvalue weighted by Crippen LogP contribution is 2.34. The molecule has 0 aliphatic heterocycles. The van der Waals surface area contributed by atoms with Gasteiger partial charge in [0.25, 0.3) is 11.8 Å². The number of para-hydroxylation sites is 1. The van der Waals surface area contributed by atoms with E-state index in [4.69, 9.17) is 21.1 Å². The first-order valence-electron chi connectivity index (χ1n) is 13.5. The molecule has 0 radical (unpaired) electrons. The molecule has 3 N–H and O–H groups in total. The van der Waals surface area contributed by atoms with Gasteiger partial charge < -0.3 is 25.4 Å². The number of rotatable bonds is 11. The fourth-order valence-electron chi connectivity index (χ4n) is 4.12. The minimum absolute atomic E-state index is 0.0363. The maximum absolute atomic E-state index is 13.5. The second-order valence-corrected chi connectivity index (χ2v) is 10.9. The summed E-state index contributed by atoms with van der Waals surface area (Å²) in [5.74, 6) is -1.12. The summed E-state index contributed by atoms with van der Waals surface area (Å²) in [6.07, 6.45) is -3.14. The Balaban J connectivity index is 1.50. The minimum atomic E-state index is -4.59. The lowest BCUT2D eigenvalue weighted by Crippen LogP contribution is -2.30. The van der Waals surface area contributed by atoms with Crippen molar-refractivity contribution in [2.75, 3.05) is 30.6 Å².